The number of carbonyl (C=O) groups is 1. The molecule has 2 nitrogen and oxygen atoms in total. The van der Waals surface area contributed by atoms with Crippen LogP contribution in [-0.4, -0.2) is 10.9 Å². The summed E-state index contributed by atoms with van der Waals surface area (Å²) < 4.78 is 25.9. The van der Waals surface area contributed by atoms with Crippen molar-refractivity contribution < 1.29 is 13.6 Å². The molecule has 4 heteroatoms. The molecule has 0 N–H and O–H groups in total. The number of aldehydes is 1. The minimum Gasteiger partial charge on any atom is -0.348 e. The zero-order chi connectivity index (χ0) is 9.30. The molecule has 0 aliphatic rings. The van der Waals surface area contributed by atoms with Gasteiger partial charge in [0.15, 0.2) is 6.29 Å². The monoisotopic (exact) mass is 173 g/mol. The van der Waals surface area contributed by atoms with E-state index in [1.807, 2.05) is 0 Å². The van der Waals surface area contributed by atoms with Crippen molar-refractivity contribution in [2.75, 3.05) is 0 Å². The second-order valence-corrected chi connectivity index (χ2v) is 2.62. The van der Waals surface area contributed by atoms with Crippen LogP contribution in [0.25, 0.3) is 0 Å². The summed E-state index contributed by atoms with van der Waals surface area (Å²) in [6, 6.07) is 0. The van der Waals surface area contributed by atoms with Crippen molar-refractivity contribution in [2.45, 2.75) is 13.3 Å². The number of aromatic nitrogens is 1. The molecule has 1 aromatic heterocycles. The van der Waals surface area contributed by atoms with E-state index in [-0.39, 0.29) is 5.56 Å². The molecule has 0 saturated heterocycles. The number of aryl methyl sites for hydroxylation is 1. The maximum atomic E-state index is 12.2. The van der Waals surface area contributed by atoms with Gasteiger partial charge >= 0.3 is 0 Å². The second kappa shape index (κ2) is 3.05. The maximum absolute atomic E-state index is 12.2. The van der Waals surface area contributed by atoms with E-state index in [0.717, 1.165) is 0 Å². The average molecular weight is 173 g/mol. The van der Waals surface area contributed by atoms with Gasteiger partial charge in [-0.1, -0.05) is 0 Å². The fraction of sp³-hybridized carbons (Fsp3) is 0.375. The third-order valence-corrected chi connectivity index (χ3v) is 1.88. The van der Waals surface area contributed by atoms with Crippen LogP contribution in [0.1, 0.15) is 28.0 Å². The number of alkyl halides is 2. The van der Waals surface area contributed by atoms with Gasteiger partial charge in [0.1, 0.15) is 0 Å². The maximum Gasteiger partial charge on any atom is 0.265 e. The molecule has 66 valence electrons. The van der Waals surface area contributed by atoms with Gasteiger partial charge in [-0.25, -0.2) is 8.78 Å². The second-order valence-electron chi connectivity index (χ2n) is 2.62. The third kappa shape index (κ3) is 1.24. The summed E-state index contributed by atoms with van der Waals surface area (Å²) in [4.78, 5) is 10.4. The molecular weight excluding hydrogens is 164 g/mol. The molecule has 0 bridgehead atoms. The summed E-state index contributed by atoms with van der Waals surface area (Å²) in [7, 11) is 1.57. The van der Waals surface area contributed by atoms with Crippen LogP contribution in [0.2, 0.25) is 0 Å². The molecule has 0 amide bonds. The summed E-state index contributed by atoms with van der Waals surface area (Å²) in [6.45, 7) is 1.52. The van der Waals surface area contributed by atoms with Gasteiger partial charge in [-0.3, -0.25) is 4.79 Å². The zero-order valence-corrected chi connectivity index (χ0v) is 6.84. The SMILES string of the molecule is Cc1c(C(F)F)cn(C)c1C=O. The van der Waals surface area contributed by atoms with Crippen molar-refractivity contribution in [2.24, 2.45) is 7.05 Å². The summed E-state index contributed by atoms with van der Waals surface area (Å²) in [5, 5.41) is 0. The lowest BCUT2D eigenvalue weighted by atomic mass is 10.2. The molecule has 0 atom stereocenters. The molecule has 0 radical (unpaired) electrons. The van der Waals surface area contributed by atoms with Crippen LogP contribution in [-0.2, 0) is 7.05 Å². The Labute approximate surface area is 68.8 Å². The Bertz CT molecular complexity index is 304. The molecule has 0 spiro atoms. The minimum atomic E-state index is -2.51. The Morgan fingerprint density at radius 2 is 2.17 bits per heavy atom. The lowest BCUT2D eigenvalue weighted by Gasteiger charge is -1.95. The van der Waals surface area contributed by atoms with Gasteiger partial charge in [-0.2, -0.15) is 0 Å². The van der Waals surface area contributed by atoms with E-state index in [0.29, 0.717) is 17.5 Å². The minimum absolute atomic E-state index is 0.0698. The summed E-state index contributed by atoms with van der Waals surface area (Å²) >= 11 is 0. The van der Waals surface area contributed by atoms with Gasteiger partial charge in [-0.05, 0) is 12.5 Å². The number of nitrogens with zero attached hydrogens (tertiary/aromatic N) is 1. The van der Waals surface area contributed by atoms with Crippen LogP contribution < -0.4 is 0 Å². The van der Waals surface area contributed by atoms with Gasteiger partial charge in [0.2, 0.25) is 0 Å². The highest BCUT2D eigenvalue weighted by molar-refractivity contribution is 5.75. The molecule has 1 aromatic rings. The largest absolute Gasteiger partial charge is 0.348 e. The Hall–Kier alpha value is -1.19. The van der Waals surface area contributed by atoms with E-state index < -0.39 is 6.43 Å². The molecule has 0 aliphatic heterocycles. The number of rotatable bonds is 2. The third-order valence-electron chi connectivity index (χ3n) is 1.88. The topological polar surface area (TPSA) is 22.0 Å². The van der Waals surface area contributed by atoms with Gasteiger partial charge in [0, 0.05) is 18.8 Å². The molecule has 0 saturated carbocycles. The van der Waals surface area contributed by atoms with E-state index >= 15 is 0 Å². The van der Waals surface area contributed by atoms with Crippen molar-refractivity contribution in [3.8, 4) is 0 Å². The molecule has 1 heterocycles. The number of hydrogen-bond acceptors (Lipinski definition) is 1. The average Bonchev–Trinajstić information content (AvgIpc) is 2.27. The molecule has 0 fully saturated rings. The molecule has 0 unspecified atom stereocenters. The summed E-state index contributed by atoms with van der Waals surface area (Å²) in [5.41, 5.74) is 0.604. The number of hydrogen-bond donors (Lipinski definition) is 0. The molecule has 0 aromatic carbocycles. The van der Waals surface area contributed by atoms with Gasteiger partial charge in [0.25, 0.3) is 6.43 Å². The predicted molar refractivity (Wildman–Crippen MR) is 40.5 cm³/mol. The van der Waals surface area contributed by atoms with Crippen molar-refractivity contribution in [3.05, 3.63) is 23.0 Å². The van der Waals surface area contributed by atoms with Crippen LogP contribution in [0.15, 0.2) is 6.20 Å². The Morgan fingerprint density at radius 1 is 1.58 bits per heavy atom. The fourth-order valence-electron chi connectivity index (χ4n) is 1.18. The Kier molecular flexibility index (Phi) is 2.26. The van der Waals surface area contributed by atoms with E-state index in [1.165, 1.54) is 17.7 Å². The van der Waals surface area contributed by atoms with Crippen LogP contribution in [0.3, 0.4) is 0 Å². The highest BCUT2D eigenvalue weighted by Crippen LogP contribution is 2.25. The lowest BCUT2D eigenvalue weighted by molar-refractivity contribution is 0.111. The smallest absolute Gasteiger partial charge is 0.265 e. The number of carbonyl (C=O) groups excluding carboxylic acids is 1. The van der Waals surface area contributed by atoms with Gasteiger partial charge in [0.05, 0.1) is 5.69 Å². The van der Waals surface area contributed by atoms with Crippen molar-refractivity contribution in [3.63, 3.8) is 0 Å². The summed E-state index contributed by atoms with van der Waals surface area (Å²) in [5.74, 6) is 0. The first-order valence-corrected chi connectivity index (χ1v) is 3.47. The first kappa shape index (κ1) is 8.90. The van der Waals surface area contributed by atoms with Crippen molar-refractivity contribution in [1.82, 2.24) is 4.57 Å². The highest BCUT2D eigenvalue weighted by atomic mass is 19.3. The van der Waals surface area contributed by atoms with E-state index in [1.54, 1.807) is 7.05 Å². The molecule has 0 aliphatic carbocycles. The quantitative estimate of drug-likeness (QED) is 0.627. The first-order valence-electron chi connectivity index (χ1n) is 3.47. The highest BCUT2D eigenvalue weighted by Gasteiger charge is 2.16. The first-order chi connectivity index (χ1) is 5.57. The predicted octanol–water partition coefficient (Wildman–Crippen LogP) is 2.08. The van der Waals surface area contributed by atoms with E-state index in [9.17, 15) is 13.6 Å². The Morgan fingerprint density at radius 3 is 2.42 bits per heavy atom. The van der Waals surface area contributed by atoms with Crippen LogP contribution >= 0.6 is 0 Å². The van der Waals surface area contributed by atoms with Crippen LogP contribution in [0.5, 0.6) is 0 Å². The standard InChI is InChI=1S/C8H9F2NO/c1-5-6(8(9)10)3-11(2)7(5)4-12/h3-4,8H,1-2H3. The fourth-order valence-corrected chi connectivity index (χ4v) is 1.18. The van der Waals surface area contributed by atoms with Crippen LogP contribution in [0, 0.1) is 6.92 Å². The van der Waals surface area contributed by atoms with Crippen molar-refractivity contribution in [1.29, 1.82) is 0 Å². The van der Waals surface area contributed by atoms with Gasteiger partial charge < -0.3 is 4.57 Å². The molecule has 12 heavy (non-hydrogen) atoms. The Balaban J connectivity index is 3.26. The van der Waals surface area contributed by atoms with Gasteiger partial charge in [-0.15, -0.1) is 0 Å². The number of halogens is 2. The molecule has 1 rings (SSSR count). The van der Waals surface area contributed by atoms with E-state index in [4.69, 9.17) is 0 Å². The molecular formula is C8H9F2NO. The normalized spacial score (nSPS) is 10.8. The summed E-state index contributed by atoms with van der Waals surface area (Å²) in [6.07, 6.45) is -0.643. The zero-order valence-electron chi connectivity index (χ0n) is 6.84. The van der Waals surface area contributed by atoms with E-state index in [2.05, 4.69) is 0 Å². The van der Waals surface area contributed by atoms with Crippen LogP contribution in [0.4, 0.5) is 8.78 Å². The lowest BCUT2D eigenvalue weighted by Crippen LogP contribution is -1.93. The van der Waals surface area contributed by atoms with Crippen molar-refractivity contribution >= 4 is 6.29 Å².